The summed E-state index contributed by atoms with van der Waals surface area (Å²) in [6.07, 6.45) is -1.37. The second-order valence-corrected chi connectivity index (χ2v) is 7.42. The number of carboxylic acid groups (broad SMARTS) is 1. The van der Waals surface area contributed by atoms with Gasteiger partial charge >= 0.3 is 5.97 Å². The number of aliphatic carboxylic acids is 1. The number of para-hydroxylation sites is 1. The minimum atomic E-state index is -1.06. The average Bonchev–Trinajstić information content (AvgIpc) is 2.72. The lowest BCUT2D eigenvalue weighted by Crippen LogP contribution is -2.51. The molecule has 0 bridgehead atoms. The Balaban J connectivity index is 1.78. The summed E-state index contributed by atoms with van der Waals surface area (Å²) in [5.41, 5.74) is 4.03. The first-order valence-corrected chi connectivity index (χ1v) is 9.57. The first-order valence-electron chi connectivity index (χ1n) is 9.57. The van der Waals surface area contributed by atoms with Crippen molar-refractivity contribution in [2.24, 2.45) is 0 Å². The van der Waals surface area contributed by atoms with E-state index in [1.54, 1.807) is 17.9 Å². The van der Waals surface area contributed by atoms with E-state index >= 15 is 0 Å². The summed E-state index contributed by atoms with van der Waals surface area (Å²) in [6, 6.07) is 17.3. The van der Waals surface area contributed by atoms with Gasteiger partial charge in [-0.1, -0.05) is 48.0 Å². The number of carbonyl (C=O) groups excluding carboxylic acids is 1. The van der Waals surface area contributed by atoms with E-state index in [-0.39, 0.29) is 18.6 Å². The van der Waals surface area contributed by atoms with E-state index in [1.165, 1.54) is 0 Å². The maximum absolute atomic E-state index is 13.4. The summed E-state index contributed by atoms with van der Waals surface area (Å²) in [5.74, 6) is -1.27. The Bertz CT molecular complexity index is 1080. The lowest BCUT2D eigenvalue weighted by atomic mass is 10.0. The van der Waals surface area contributed by atoms with E-state index in [0.29, 0.717) is 17.8 Å². The second-order valence-electron chi connectivity index (χ2n) is 7.42. The fraction of sp³-hybridized carbons (Fsp3) is 0.261. The molecule has 3 aromatic rings. The number of benzene rings is 2. The number of hydrogen-bond donors (Lipinski definition) is 1. The number of aromatic nitrogens is 1. The van der Waals surface area contributed by atoms with Crippen molar-refractivity contribution in [3.8, 4) is 11.3 Å². The minimum absolute atomic E-state index is 0.0228. The van der Waals surface area contributed by atoms with Crippen LogP contribution in [-0.2, 0) is 9.53 Å². The van der Waals surface area contributed by atoms with E-state index in [9.17, 15) is 14.7 Å². The molecule has 6 nitrogen and oxygen atoms in total. The molecule has 148 valence electrons. The van der Waals surface area contributed by atoms with Crippen LogP contribution >= 0.6 is 0 Å². The third-order valence-electron chi connectivity index (χ3n) is 5.12. The Labute approximate surface area is 168 Å². The summed E-state index contributed by atoms with van der Waals surface area (Å²) in [7, 11) is 0. The molecule has 1 aliphatic rings. The van der Waals surface area contributed by atoms with E-state index in [4.69, 9.17) is 9.72 Å². The van der Waals surface area contributed by atoms with Gasteiger partial charge in [-0.3, -0.25) is 4.79 Å². The lowest BCUT2D eigenvalue weighted by molar-refractivity contribution is -0.160. The van der Waals surface area contributed by atoms with Crippen LogP contribution < -0.4 is 0 Å². The van der Waals surface area contributed by atoms with Gasteiger partial charge in [0.05, 0.1) is 29.4 Å². The largest absolute Gasteiger partial charge is 0.479 e. The molecule has 0 radical (unpaired) electrons. The summed E-state index contributed by atoms with van der Waals surface area (Å²) in [6.45, 7) is 4.16. The van der Waals surface area contributed by atoms with Gasteiger partial charge in [0.15, 0.2) is 6.10 Å². The normalized spacial score (nSPS) is 19.3. The molecule has 0 saturated carbocycles. The topological polar surface area (TPSA) is 79.7 Å². The van der Waals surface area contributed by atoms with Crippen molar-refractivity contribution in [1.82, 2.24) is 9.88 Å². The van der Waals surface area contributed by atoms with Gasteiger partial charge in [0.25, 0.3) is 5.91 Å². The highest BCUT2D eigenvalue weighted by molar-refractivity contribution is 6.07. The maximum atomic E-state index is 13.4. The quantitative estimate of drug-likeness (QED) is 0.740. The molecule has 29 heavy (non-hydrogen) atoms. The number of nitrogens with zero attached hydrogens (tertiary/aromatic N) is 2. The van der Waals surface area contributed by atoms with E-state index < -0.39 is 12.1 Å². The van der Waals surface area contributed by atoms with E-state index in [2.05, 4.69) is 0 Å². The Morgan fingerprint density at radius 2 is 1.83 bits per heavy atom. The highest BCUT2D eigenvalue weighted by atomic mass is 16.5. The Hall–Kier alpha value is -3.25. The van der Waals surface area contributed by atoms with Crippen LogP contribution in [0.25, 0.3) is 22.2 Å². The molecule has 0 spiro atoms. The zero-order valence-corrected chi connectivity index (χ0v) is 16.3. The molecule has 2 heterocycles. The van der Waals surface area contributed by atoms with Crippen molar-refractivity contribution in [1.29, 1.82) is 0 Å². The van der Waals surface area contributed by atoms with Crippen LogP contribution in [0.2, 0.25) is 0 Å². The van der Waals surface area contributed by atoms with Crippen molar-refractivity contribution in [3.05, 3.63) is 65.7 Å². The third kappa shape index (κ3) is 3.84. The molecule has 1 aromatic heterocycles. The SMILES string of the molecule is Cc1ccc(-c2cc(C(=O)N3CC(C(=O)O)O[C@H](C)C3)c3ccccc3n2)cc1. The van der Waals surface area contributed by atoms with Crippen LogP contribution in [0, 0.1) is 6.92 Å². The van der Waals surface area contributed by atoms with Crippen molar-refractivity contribution < 1.29 is 19.4 Å². The Kier molecular flexibility index (Phi) is 5.03. The number of carbonyl (C=O) groups is 2. The van der Waals surface area contributed by atoms with Gasteiger partial charge < -0.3 is 14.7 Å². The standard InChI is InChI=1S/C23H22N2O4/c1-14-7-9-16(10-8-14)20-11-18(17-5-3-4-6-19(17)24-20)22(26)25-12-15(2)29-21(13-25)23(27)28/h3-11,15,21H,12-13H2,1-2H3,(H,27,28)/t15-,21?/m1/s1. The van der Waals surface area contributed by atoms with Crippen molar-refractivity contribution in [2.75, 3.05) is 13.1 Å². The second kappa shape index (κ2) is 7.64. The predicted octanol–water partition coefficient (Wildman–Crippen LogP) is 3.52. The number of aryl methyl sites for hydroxylation is 1. The first kappa shape index (κ1) is 19.1. The van der Waals surface area contributed by atoms with Crippen LogP contribution in [0.15, 0.2) is 54.6 Å². The predicted molar refractivity (Wildman–Crippen MR) is 110 cm³/mol. The van der Waals surface area contributed by atoms with Gasteiger partial charge in [0, 0.05) is 17.5 Å². The Morgan fingerprint density at radius 1 is 1.10 bits per heavy atom. The summed E-state index contributed by atoms with van der Waals surface area (Å²) < 4.78 is 5.45. The van der Waals surface area contributed by atoms with Crippen molar-refractivity contribution in [3.63, 3.8) is 0 Å². The molecule has 1 unspecified atom stereocenters. The molecule has 4 rings (SSSR count). The smallest absolute Gasteiger partial charge is 0.334 e. The van der Waals surface area contributed by atoms with Gasteiger partial charge in [-0.25, -0.2) is 9.78 Å². The monoisotopic (exact) mass is 390 g/mol. The fourth-order valence-corrected chi connectivity index (χ4v) is 3.65. The lowest BCUT2D eigenvalue weighted by Gasteiger charge is -2.35. The minimum Gasteiger partial charge on any atom is -0.479 e. The molecule has 2 aromatic carbocycles. The van der Waals surface area contributed by atoms with E-state index in [0.717, 1.165) is 22.0 Å². The number of amides is 1. The molecule has 2 atom stereocenters. The highest BCUT2D eigenvalue weighted by Crippen LogP contribution is 2.27. The van der Waals surface area contributed by atoms with Crippen molar-refractivity contribution in [2.45, 2.75) is 26.1 Å². The summed E-state index contributed by atoms with van der Waals surface area (Å²) >= 11 is 0. The zero-order valence-electron chi connectivity index (χ0n) is 16.3. The zero-order chi connectivity index (χ0) is 20.5. The molecule has 1 fully saturated rings. The van der Waals surface area contributed by atoms with Crippen molar-refractivity contribution >= 4 is 22.8 Å². The molecule has 6 heteroatoms. The number of hydrogen-bond acceptors (Lipinski definition) is 4. The maximum Gasteiger partial charge on any atom is 0.334 e. The van der Waals surface area contributed by atoms with Crippen LogP contribution in [0.5, 0.6) is 0 Å². The van der Waals surface area contributed by atoms with Crippen LogP contribution in [-0.4, -0.2) is 52.2 Å². The highest BCUT2D eigenvalue weighted by Gasteiger charge is 2.33. The number of pyridine rings is 1. The third-order valence-corrected chi connectivity index (χ3v) is 5.12. The van der Waals surface area contributed by atoms with Gasteiger partial charge in [-0.15, -0.1) is 0 Å². The molecular formula is C23H22N2O4. The fourth-order valence-electron chi connectivity index (χ4n) is 3.65. The van der Waals surface area contributed by atoms with Gasteiger partial charge in [0.1, 0.15) is 0 Å². The average molecular weight is 390 g/mol. The molecular weight excluding hydrogens is 368 g/mol. The number of rotatable bonds is 3. The number of morpholine rings is 1. The van der Waals surface area contributed by atoms with Gasteiger partial charge in [0.2, 0.25) is 0 Å². The van der Waals surface area contributed by atoms with Gasteiger partial charge in [-0.05, 0) is 26.0 Å². The van der Waals surface area contributed by atoms with Crippen LogP contribution in [0.3, 0.4) is 0 Å². The number of fused-ring (bicyclic) bond motifs is 1. The Morgan fingerprint density at radius 3 is 2.55 bits per heavy atom. The number of carboxylic acids is 1. The molecule has 1 aliphatic heterocycles. The van der Waals surface area contributed by atoms with Crippen LogP contribution in [0.4, 0.5) is 0 Å². The molecule has 1 N–H and O–H groups in total. The summed E-state index contributed by atoms with van der Waals surface area (Å²) in [4.78, 5) is 31.1. The van der Waals surface area contributed by atoms with Crippen LogP contribution in [0.1, 0.15) is 22.8 Å². The van der Waals surface area contributed by atoms with Gasteiger partial charge in [-0.2, -0.15) is 0 Å². The number of ether oxygens (including phenoxy) is 1. The molecule has 1 saturated heterocycles. The van der Waals surface area contributed by atoms with E-state index in [1.807, 2.05) is 55.5 Å². The summed E-state index contributed by atoms with van der Waals surface area (Å²) in [5, 5.41) is 10.1. The molecule has 1 amide bonds. The first-order chi connectivity index (χ1) is 13.9. The molecule has 0 aliphatic carbocycles.